The third-order valence-electron chi connectivity index (χ3n) is 4.96. The lowest BCUT2D eigenvalue weighted by atomic mass is 10.1. The normalized spacial score (nSPS) is 16.7. The lowest BCUT2D eigenvalue weighted by molar-refractivity contribution is -0.00804. The molecule has 0 saturated carbocycles. The smallest absolute Gasteiger partial charge is 0.228 e. The Morgan fingerprint density at radius 1 is 1.31 bits per heavy atom. The Labute approximate surface area is 209 Å². The molecule has 1 N–H and O–H groups in total. The summed E-state index contributed by atoms with van der Waals surface area (Å²) in [5.74, 6) is 1.96. The molecule has 1 aliphatic rings. The van der Waals surface area contributed by atoms with E-state index in [1.165, 1.54) is 0 Å². The summed E-state index contributed by atoms with van der Waals surface area (Å²) >= 11 is 5.94. The molecule has 0 aliphatic carbocycles. The van der Waals surface area contributed by atoms with Crippen molar-refractivity contribution in [1.82, 2.24) is 30.1 Å². The lowest BCUT2D eigenvalue weighted by Crippen LogP contribution is -2.48. The molecule has 0 radical (unpaired) electrons. The van der Waals surface area contributed by atoms with E-state index >= 15 is 0 Å². The van der Waals surface area contributed by atoms with Gasteiger partial charge in [0.1, 0.15) is 6.10 Å². The zero-order valence-corrected chi connectivity index (χ0v) is 21.2. The van der Waals surface area contributed by atoms with Crippen LogP contribution in [0.15, 0.2) is 46.2 Å². The molecule has 0 amide bonds. The van der Waals surface area contributed by atoms with E-state index in [1.807, 2.05) is 31.6 Å². The summed E-state index contributed by atoms with van der Waals surface area (Å²) in [6.45, 7) is 5.53. The Bertz CT molecular complexity index is 1020. The van der Waals surface area contributed by atoms with Crippen LogP contribution in [0.5, 0.6) is 0 Å². The second kappa shape index (κ2) is 11.6. The van der Waals surface area contributed by atoms with Gasteiger partial charge in [-0.25, -0.2) is 0 Å². The number of ether oxygens (including phenoxy) is 1. The van der Waals surface area contributed by atoms with Crippen molar-refractivity contribution in [3.8, 4) is 11.4 Å². The Kier molecular flexibility index (Phi) is 8.88. The van der Waals surface area contributed by atoms with Crippen molar-refractivity contribution >= 4 is 41.5 Å². The molecule has 172 valence electrons. The van der Waals surface area contributed by atoms with Gasteiger partial charge in [-0.2, -0.15) is 10.1 Å². The van der Waals surface area contributed by atoms with Crippen molar-refractivity contribution in [1.29, 1.82) is 0 Å². The highest BCUT2D eigenvalue weighted by Gasteiger charge is 2.25. The van der Waals surface area contributed by atoms with Gasteiger partial charge in [-0.05, 0) is 31.2 Å². The predicted octanol–water partition coefficient (Wildman–Crippen LogP) is 3.32. The van der Waals surface area contributed by atoms with E-state index in [0.717, 1.165) is 36.7 Å². The van der Waals surface area contributed by atoms with Gasteiger partial charge in [0.15, 0.2) is 5.96 Å². The van der Waals surface area contributed by atoms with Crippen molar-refractivity contribution in [2.75, 3.05) is 32.8 Å². The van der Waals surface area contributed by atoms with Gasteiger partial charge in [-0.1, -0.05) is 16.8 Å². The number of nitrogens with one attached hydrogen (secondary N) is 1. The molecule has 4 rings (SSSR count). The zero-order valence-electron chi connectivity index (χ0n) is 18.1. The number of halogens is 2. The van der Waals surface area contributed by atoms with E-state index < -0.39 is 0 Å². The Balaban J connectivity index is 0.00000289. The van der Waals surface area contributed by atoms with Crippen LogP contribution >= 0.6 is 35.6 Å². The number of benzene rings is 1. The van der Waals surface area contributed by atoms with Gasteiger partial charge < -0.3 is 19.5 Å². The minimum absolute atomic E-state index is 0. The number of morpholine rings is 1. The van der Waals surface area contributed by atoms with E-state index in [1.54, 1.807) is 16.8 Å². The van der Waals surface area contributed by atoms with Gasteiger partial charge in [0, 0.05) is 48.9 Å². The van der Waals surface area contributed by atoms with Crippen molar-refractivity contribution in [3.05, 3.63) is 53.1 Å². The first-order chi connectivity index (χ1) is 15.1. The van der Waals surface area contributed by atoms with Crippen LogP contribution in [0.1, 0.15) is 24.5 Å². The monoisotopic (exact) mass is 571 g/mol. The summed E-state index contributed by atoms with van der Waals surface area (Å²) in [7, 11) is 1.91. The van der Waals surface area contributed by atoms with Crippen LogP contribution in [-0.2, 0) is 18.2 Å². The maximum atomic E-state index is 5.94. The number of hydrogen-bond acceptors (Lipinski definition) is 6. The fourth-order valence-electron chi connectivity index (χ4n) is 3.41. The van der Waals surface area contributed by atoms with Crippen LogP contribution in [0.3, 0.4) is 0 Å². The molecule has 3 aromatic rings. The molecule has 0 bridgehead atoms. The molecular weight excluding hydrogens is 545 g/mol. The molecule has 0 spiro atoms. The summed E-state index contributed by atoms with van der Waals surface area (Å²) in [5.41, 5.74) is 1.94. The standard InChI is InChI=1S/C21H26ClN7O2.HI/c1-3-23-21(29-10-11-30-18(14-29)16-12-25-28(2)13-16)24-9-8-19-26-20(27-31-19)15-4-6-17(22)7-5-15;/h4-7,12-13,18H,3,8-11,14H2,1-2H3,(H,23,24);1H. The molecule has 1 aliphatic heterocycles. The molecule has 11 heteroatoms. The number of aromatic nitrogens is 4. The molecule has 9 nitrogen and oxygen atoms in total. The first kappa shape index (κ1) is 24.5. The van der Waals surface area contributed by atoms with Gasteiger partial charge in [0.25, 0.3) is 0 Å². The molecule has 2 aromatic heterocycles. The molecule has 1 unspecified atom stereocenters. The fourth-order valence-corrected chi connectivity index (χ4v) is 3.53. The molecule has 1 atom stereocenters. The van der Waals surface area contributed by atoms with E-state index in [4.69, 9.17) is 25.9 Å². The summed E-state index contributed by atoms with van der Waals surface area (Å²) < 4.78 is 13.1. The van der Waals surface area contributed by atoms with Crippen LogP contribution in [0, 0.1) is 0 Å². The topological polar surface area (TPSA) is 93.6 Å². The molecule has 1 aromatic carbocycles. The predicted molar refractivity (Wildman–Crippen MR) is 133 cm³/mol. The molecule has 3 heterocycles. The van der Waals surface area contributed by atoms with Crippen LogP contribution < -0.4 is 5.32 Å². The number of aliphatic imine (C=N–C) groups is 1. The van der Waals surface area contributed by atoms with E-state index in [2.05, 4.69) is 32.4 Å². The van der Waals surface area contributed by atoms with E-state index in [9.17, 15) is 0 Å². The van der Waals surface area contributed by atoms with Crippen molar-refractivity contribution < 1.29 is 9.26 Å². The fraction of sp³-hybridized carbons (Fsp3) is 0.429. The van der Waals surface area contributed by atoms with Crippen LogP contribution in [0.2, 0.25) is 5.02 Å². The van der Waals surface area contributed by atoms with Gasteiger partial charge >= 0.3 is 0 Å². The minimum Gasteiger partial charge on any atom is -0.370 e. The maximum Gasteiger partial charge on any atom is 0.228 e. The Hall–Kier alpha value is -2.18. The van der Waals surface area contributed by atoms with Gasteiger partial charge in [-0.3, -0.25) is 9.67 Å². The van der Waals surface area contributed by atoms with Gasteiger partial charge in [0.05, 0.1) is 25.9 Å². The summed E-state index contributed by atoms with van der Waals surface area (Å²) in [6.07, 6.45) is 4.38. The second-order valence-corrected chi connectivity index (χ2v) is 7.69. The molecule has 1 saturated heterocycles. The molecule has 1 fully saturated rings. The van der Waals surface area contributed by atoms with Crippen molar-refractivity contribution in [3.63, 3.8) is 0 Å². The highest BCUT2D eigenvalue weighted by Crippen LogP contribution is 2.22. The minimum atomic E-state index is -0.0239. The number of nitrogens with zero attached hydrogens (tertiary/aromatic N) is 6. The van der Waals surface area contributed by atoms with E-state index in [-0.39, 0.29) is 30.1 Å². The number of hydrogen-bond donors (Lipinski definition) is 1. The van der Waals surface area contributed by atoms with Gasteiger partial charge in [-0.15, -0.1) is 24.0 Å². The molecule has 32 heavy (non-hydrogen) atoms. The first-order valence-electron chi connectivity index (χ1n) is 10.3. The number of aryl methyl sites for hydroxylation is 1. The highest BCUT2D eigenvalue weighted by molar-refractivity contribution is 14.0. The van der Waals surface area contributed by atoms with Crippen LogP contribution in [0.4, 0.5) is 0 Å². The first-order valence-corrected chi connectivity index (χ1v) is 10.7. The average molecular weight is 572 g/mol. The lowest BCUT2D eigenvalue weighted by Gasteiger charge is -2.34. The zero-order chi connectivity index (χ0) is 21.6. The Morgan fingerprint density at radius 2 is 2.12 bits per heavy atom. The Morgan fingerprint density at radius 3 is 2.84 bits per heavy atom. The number of rotatable bonds is 6. The largest absolute Gasteiger partial charge is 0.370 e. The summed E-state index contributed by atoms with van der Waals surface area (Å²) in [5, 5.41) is 12.4. The second-order valence-electron chi connectivity index (χ2n) is 7.26. The SMILES string of the molecule is CCNC(=NCCc1nc(-c2ccc(Cl)cc2)no1)N1CCOC(c2cnn(C)c2)C1.I. The quantitative estimate of drug-likeness (QED) is 0.276. The van der Waals surface area contributed by atoms with Crippen molar-refractivity contribution in [2.24, 2.45) is 12.0 Å². The molecular formula is C21H27ClIN7O2. The summed E-state index contributed by atoms with van der Waals surface area (Å²) in [4.78, 5) is 11.5. The number of guanidine groups is 1. The van der Waals surface area contributed by atoms with E-state index in [0.29, 0.717) is 36.3 Å². The summed E-state index contributed by atoms with van der Waals surface area (Å²) in [6, 6.07) is 7.35. The van der Waals surface area contributed by atoms with Gasteiger partial charge in [0.2, 0.25) is 11.7 Å². The van der Waals surface area contributed by atoms with Crippen LogP contribution in [-0.4, -0.2) is 63.6 Å². The maximum absolute atomic E-state index is 5.94. The third kappa shape index (κ3) is 6.20. The van der Waals surface area contributed by atoms with Crippen molar-refractivity contribution in [2.45, 2.75) is 19.4 Å². The van der Waals surface area contributed by atoms with Crippen LogP contribution in [0.25, 0.3) is 11.4 Å². The average Bonchev–Trinajstić information content (AvgIpc) is 3.43. The highest BCUT2D eigenvalue weighted by atomic mass is 127. The third-order valence-corrected chi connectivity index (χ3v) is 5.21.